The lowest BCUT2D eigenvalue weighted by atomic mass is 9.79. The summed E-state index contributed by atoms with van der Waals surface area (Å²) in [4.78, 5) is 4.39. The van der Waals surface area contributed by atoms with Gasteiger partial charge in [-0.05, 0) is 25.7 Å². The minimum Gasteiger partial charge on any atom is -0.389 e. The molecular formula is C16H24N4O. The number of nitrogens with zero attached hydrogens (tertiary/aromatic N) is 3. The first-order valence-electron chi connectivity index (χ1n) is 7.78. The number of aliphatic hydroxyl groups is 1. The lowest BCUT2D eigenvalue weighted by Gasteiger charge is -2.35. The predicted octanol–water partition coefficient (Wildman–Crippen LogP) is 2.07. The van der Waals surface area contributed by atoms with Crippen LogP contribution in [0.3, 0.4) is 0 Å². The Kier molecular flexibility index (Phi) is 3.95. The fraction of sp³-hybridized carbons (Fsp3) is 0.625. The van der Waals surface area contributed by atoms with Crippen molar-refractivity contribution in [2.75, 3.05) is 6.54 Å². The van der Waals surface area contributed by atoms with Crippen molar-refractivity contribution in [3.63, 3.8) is 0 Å². The van der Waals surface area contributed by atoms with Crippen LogP contribution in [0.2, 0.25) is 0 Å². The molecule has 21 heavy (non-hydrogen) atoms. The van der Waals surface area contributed by atoms with Crippen molar-refractivity contribution in [2.24, 2.45) is 5.92 Å². The van der Waals surface area contributed by atoms with Crippen LogP contribution in [0.1, 0.15) is 43.9 Å². The summed E-state index contributed by atoms with van der Waals surface area (Å²) < 4.78 is 1.81. The third-order valence-electron chi connectivity index (χ3n) is 4.34. The number of rotatable bonds is 4. The lowest BCUT2D eigenvalue weighted by molar-refractivity contribution is -0.0119. The summed E-state index contributed by atoms with van der Waals surface area (Å²) in [6.07, 6.45) is 8.03. The molecular weight excluding hydrogens is 264 g/mol. The van der Waals surface area contributed by atoms with E-state index < -0.39 is 5.60 Å². The molecule has 1 aliphatic carbocycles. The van der Waals surface area contributed by atoms with Crippen LogP contribution in [-0.4, -0.2) is 31.9 Å². The molecule has 5 nitrogen and oxygen atoms in total. The maximum atomic E-state index is 10.6. The fourth-order valence-electron chi connectivity index (χ4n) is 3.36. The molecule has 0 saturated heterocycles. The van der Waals surface area contributed by atoms with Gasteiger partial charge < -0.3 is 10.4 Å². The van der Waals surface area contributed by atoms with Crippen molar-refractivity contribution >= 4 is 5.65 Å². The van der Waals surface area contributed by atoms with Gasteiger partial charge in [0.2, 0.25) is 0 Å². The molecule has 2 aromatic rings. The Labute approximate surface area is 125 Å². The van der Waals surface area contributed by atoms with Gasteiger partial charge in [0.05, 0.1) is 11.3 Å². The minimum absolute atomic E-state index is 0.544. The van der Waals surface area contributed by atoms with E-state index in [1.165, 1.54) is 6.42 Å². The summed E-state index contributed by atoms with van der Waals surface area (Å²) in [5.74, 6) is 0.621. The Bertz CT molecular complexity index is 624. The molecule has 0 amide bonds. The quantitative estimate of drug-likeness (QED) is 0.904. The van der Waals surface area contributed by atoms with Crippen LogP contribution < -0.4 is 5.32 Å². The summed E-state index contributed by atoms with van der Waals surface area (Å²) in [5, 5.41) is 18.3. The molecule has 0 radical (unpaired) electrons. The van der Waals surface area contributed by atoms with Gasteiger partial charge >= 0.3 is 0 Å². The van der Waals surface area contributed by atoms with E-state index in [4.69, 9.17) is 0 Å². The summed E-state index contributed by atoms with van der Waals surface area (Å²) in [6.45, 7) is 5.54. The van der Waals surface area contributed by atoms with E-state index in [0.29, 0.717) is 19.0 Å². The van der Waals surface area contributed by atoms with E-state index in [9.17, 15) is 5.11 Å². The molecule has 2 unspecified atom stereocenters. The molecule has 2 atom stereocenters. The third kappa shape index (κ3) is 3.41. The molecule has 5 heteroatoms. The predicted molar refractivity (Wildman–Crippen MR) is 82.0 cm³/mol. The highest BCUT2D eigenvalue weighted by Gasteiger charge is 2.31. The maximum absolute atomic E-state index is 10.6. The van der Waals surface area contributed by atoms with E-state index in [1.807, 2.05) is 29.9 Å². The Balaban J connectivity index is 1.58. The molecule has 3 rings (SSSR count). The Morgan fingerprint density at radius 1 is 1.52 bits per heavy atom. The van der Waals surface area contributed by atoms with Crippen LogP contribution in [0.25, 0.3) is 5.65 Å². The molecule has 0 spiro atoms. The summed E-state index contributed by atoms with van der Waals surface area (Å²) in [6, 6.07) is 1.96. The van der Waals surface area contributed by atoms with Crippen molar-refractivity contribution in [2.45, 2.75) is 51.7 Å². The van der Waals surface area contributed by atoms with Gasteiger partial charge in [0.25, 0.3) is 0 Å². The van der Waals surface area contributed by atoms with Crippen molar-refractivity contribution in [3.8, 4) is 0 Å². The molecule has 2 N–H and O–H groups in total. The van der Waals surface area contributed by atoms with Crippen molar-refractivity contribution in [1.82, 2.24) is 19.9 Å². The van der Waals surface area contributed by atoms with Crippen LogP contribution in [0.15, 0.2) is 18.5 Å². The zero-order valence-electron chi connectivity index (χ0n) is 12.8. The smallest absolute Gasteiger partial charge is 0.155 e. The van der Waals surface area contributed by atoms with Gasteiger partial charge in [0.1, 0.15) is 0 Å². The monoisotopic (exact) mass is 288 g/mol. The molecule has 1 fully saturated rings. The van der Waals surface area contributed by atoms with Gasteiger partial charge in [-0.3, -0.25) is 0 Å². The van der Waals surface area contributed by atoms with Crippen molar-refractivity contribution < 1.29 is 5.11 Å². The second kappa shape index (κ2) is 5.73. The molecule has 0 aliphatic heterocycles. The topological polar surface area (TPSA) is 62.5 Å². The first-order chi connectivity index (χ1) is 10.0. The summed E-state index contributed by atoms with van der Waals surface area (Å²) >= 11 is 0. The Morgan fingerprint density at radius 3 is 3.19 bits per heavy atom. The SMILES string of the molecule is Cc1cc2ncc(CNCC3(O)CCCC(C)C3)cn2n1. The molecule has 114 valence electrons. The molecule has 2 heterocycles. The van der Waals surface area contributed by atoms with Crippen LogP contribution in [0.5, 0.6) is 0 Å². The second-order valence-electron chi connectivity index (χ2n) is 6.58. The van der Waals surface area contributed by atoms with Crippen molar-refractivity contribution in [1.29, 1.82) is 0 Å². The van der Waals surface area contributed by atoms with Gasteiger partial charge in [-0.15, -0.1) is 0 Å². The molecule has 0 aromatic carbocycles. The van der Waals surface area contributed by atoms with Crippen LogP contribution >= 0.6 is 0 Å². The van der Waals surface area contributed by atoms with E-state index in [-0.39, 0.29) is 0 Å². The van der Waals surface area contributed by atoms with Gasteiger partial charge in [-0.2, -0.15) is 5.10 Å². The Morgan fingerprint density at radius 2 is 2.38 bits per heavy atom. The van der Waals surface area contributed by atoms with Gasteiger partial charge in [0, 0.05) is 37.1 Å². The van der Waals surface area contributed by atoms with E-state index >= 15 is 0 Å². The number of aryl methyl sites for hydroxylation is 1. The average Bonchev–Trinajstić information content (AvgIpc) is 2.77. The van der Waals surface area contributed by atoms with Crippen LogP contribution in [0.4, 0.5) is 0 Å². The van der Waals surface area contributed by atoms with Gasteiger partial charge in [-0.25, -0.2) is 9.50 Å². The average molecular weight is 288 g/mol. The Hall–Kier alpha value is -1.46. The van der Waals surface area contributed by atoms with Gasteiger partial charge in [0.15, 0.2) is 5.65 Å². The van der Waals surface area contributed by atoms with E-state index in [0.717, 1.165) is 36.2 Å². The minimum atomic E-state index is -0.544. The standard InChI is InChI=1S/C16H24N4O/c1-12-4-3-5-16(21,7-12)11-17-8-14-9-18-15-6-13(2)19-20(15)10-14/h6,9-10,12,17,21H,3-5,7-8,11H2,1-2H3. The first kappa shape index (κ1) is 14.5. The zero-order valence-corrected chi connectivity index (χ0v) is 12.8. The first-order valence-corrected chi connectivity index (χ1v) is 7.78. The van der Waals surface area contributed by atoms with Crippen molar-refractivity contribution in [3.05, 3.63) is 29.7 Å². The fourth-order valence-corrected chi connectivity index (χ4v) is 3.36. The van der Waals surface area contributed by atoms with E-state index in [2.05, 4.69) is 22.3 Å². The number of aromatic nitrogens is 3. The number of hydrogen-bond donors (Lipinski definition) is 2. The highest BCUT2D eigenvalue weighted by Crippen LogP contribution is 2.31. The third-order valence-corrected chi connectivity index (χ3v) is 4.34. The van der Waals surface area contributed by atoms with Gasteiger partial charge in [-0.1, -0.05) is 19.8 Å². The number of hydrogen-bond acceptors (Lipinski definition) is 4. The second-order valence-corrected chi connectivity index (χ2v) is 6.58. The van der Waals surface area contributed by atoms with Crippen LogP contribution in [-0.2, 0) is 6.54 Å². The maximum Gasteiger partial charge on any atom is 0.155 e. The summed E-state index contributed by atoms with van der Waals surface area (Å²) in [5.41, 5.74) is 2.38. The highest BCUT2D eigenvalue weighted by atomic mass is 16.3. The zero-order chi connectivity index (χ0) is 14.9. The molecule has 2 aromatic heterocycles. The highest BCUT2D eigenvalue weighted by molar-refractivity contribution is 5.38. The normalized spacial score (nSPS) is 26.3. The number of fused-ring (bicyclic) bond motifs is 1. The molecule has 0 bridgehead atoms. The molecule has 1 aliphatic rings. The van der Waals surface area contributed by atoms with E-state index in [1.54, 1.807) is 0 Å². The lowest BCUT2D eigenvalue weighted by Crippen LogP contribution is -2.43. The number of nitrogens with one attached hydrogen (secondary N) is 1. The largest absolute Gasteiger partial charge is 0.389 e. The van der Waals surface area contributed by atoms with Crippen LogP contribution in [0, 0.1) is 12.8 Å². The summed E-state index contributed by atoms with van der Waals surface area (Å²) in [7, 11) is 0. The molecule has 1 saturated carbocycles.